The molecule has 1 aromatic heterocycles. The summed E-state index contributed by atoms with van der Waals surface area (Å²) in [5, 5.41) is 5.07. The molecule has 0 aliphatic heterocycles. The van der Waals surface area contributed by atoms with Crippen molar-refractivity contribution < 1.29 is 0 Å². The summed E-state index contributed by atoms with van der Waals surface area (Å²) >= 11 is 0. The van der Waals surface area contributed by atoms with Gasteiger partial charge >= 0.3 is 0 Å². The molecule has 0 saturated heterocycles. The number of fused-ring (bicyclic) bond motifs is 7. The first-order valence-electron chi connectivity index (χ1n) is 22.2. The van der Waals surface area contributed by atoms with Crippen LogP contribution >= 0.6 is 0 Å². The first kappa shape index (κ1) is 37.1. The van der Waals surface area contributed by atoms with Crippen molar-refractivity contribution in [2.45, 2.75) is 32.1 Å². The van der Waals surface area contributed by atoms with E-state index in [1.807, 2.05) is 0 Å². The molecule has 0 N–H and O–H groups in total. The average Bonchev–Trinajstić information content (AvgIpc) is 3.80. The third-order valence-electron chi connectivity index (χ3n) is 13.6. The minimum absolute atomic E-state index is 0.0677. The van der Waals surface area contributed by atoms with Crippen LogP contribution in [0, 0.1) is 0 Å². The molecule has 0 fully saturated rings. The summed E-state index contributed by atoms with van der Waals surface area (Å²) in [4.78, 5) is 2.51. The predicted octanol–water partition coefficient (Wildman–Crippen LogP) is 16.6. The number of allylic oxidation sites excluding steroid dienone is 4. The Morgan fingerprint density at radius 1 is 0.460 bits per heavy atom. The van der Waals surface area contributed by atoms with Gasteiger partial charge in [0.1, 0.15) is 0 Å². The topological polar surface area (TPSA) is 8.17 Å². The van der Waals surface area contributed by atoms with Gasteiger partial charge in [0.05, 0.1) is 11.0 Å². The van der Waals surface area contributed by atoms with Gasteiger partial charge in [-0.05, 0) is 122 Å². The van der Waals surface area contributed by atoms with E-state index in [4.69, 9.17) is 0 Å². The fraction of sp³-hybridized carbons (Fsp3) is 0.0820. The van der Waals surface area contributed by atoms with Crippen LogP contribution in [-0.2, 0) is 5.41 Å². The van der Waals surface area contributed by atoms with E-state index in [1.165, 1.54) is 99.6 Å². The minimum atomic E-state index is -0.0677. The fourth-order valence-electron chi connectivity index (χ4n) is 10.7. The lowest BCUT2D eigenvalue weighted by molar-refractivity contribution is 0.660. The molecule has 2 nitrogen and oxygen atoms in total. The number of rotatable bonds is 7. The van der Waals surface area contributed by atoms with Gasteiger partial charge in [-0.25, -0.2) is 0 Å². The van der Waals surface area contributed by atoms with Gasteiger partial charge in [-0.2, -0.15) is 0 Å². The molecule has 10 aromatic rings. The largest absolute Gasteiger partial charge is 0.314 e. The molecule has 1 heterocycles. The molecule has 12 rings (SSSR count). The SMILES string of the molecule is CC1(C)c2ccccc2-c2c(-c3cccc(N(C4=CC(n5c6ccccc6c6ccccc65)=CCC4)c4ccc(-c5cccc6cccc(-c7ccccc7)c56)cc4)c3)cccc21. The van der Waals surface area contributed by atoms with E-state index in [0.717, 1.165) is 24.2 Å². The Hall–Kier alpha value is -7.68. The van der Waals surface area contributed by atoms with Crippen molar-refractivity contribution in [3.05, 3.63) is 235 Å². The maximum atomic E-state index is 2.51. The first-order chi connectivity index (χ1) is 31.0. The Balaban J connectivity index is 1.02. The smallest absolute Gasteiger partial charge is 0.0540 e. The zero-order valence-corrected chi connectivity index (χ0v) is 35.6. The van der Waals surface area contributed by atoms with Gasteiger partial charge in [0, 0.05) is 39.0 Å². The predicted molar refractivity (Wildman–Crippen MR) is 267 cm³/mol. The Kier molecular flexibility index (Phi) is 8.69. The highest BCUT2D eigenvalue weighted by molar-refractivity contribution is 6.11. The van der Waals surface area contributed by atoms with Gasteiger partial charge < -0.3 is 9.47 Å². The first-order valence-corrected chi connectivity index (χ1v) is 22.2. The second-order valence-corrected chi connectivity index (χ2v) is 17.6. The van der Waals surface area contributed by atoms with Crippen LogP contribution in [0.4, 0.5) is 11.4 Å². The highest BCUT2D eigenvalue weighted by Gasteiger charge is 2.36. The van der Waals surface area contributed by atoms with Crippen LogP contribution in [0.3, 0.4) is 0 Å². The van der Waals surface area contributed by atoms with Crippen LogP contribution in [0.2, 0.25) is 0 Å². The minimum Gasteiger partial charge on any atom is -0.314 e. The second kappa shape index (κ2) is 14.8. The highest BCUT2D eigenvalue weighted by Crippen LogP contribution is 2.52. The van der Waals surface area contributed by atoms with Crippen LogP contribution in [0.5, 0.6) is 0 Å². The third-order valence-corrected chi connectivity index (χ3v) is 13.6. The summed E-state index contributed by atoms with van der Waals surface area (Å²) in [5.74, 6) is 0. The van der Waals surface area contributed by atoms with Crippen molar-refractivity contribution in [3.8, 4) is 44.5 Å². The van der Waals surface area contributed by atoms with Crippen LogP contribution in [0.1, 0.15) is 37.8 Å². The van der Waals surface area contributed by atoms with Crippen molar-refractivity contribution in [2.24, 2.45) is 0 Å². The number of hydrogen-bond donors (Lipinski definition) is 0. The van der Waals surface area contributed by atoms with Gasteiger partial charge in [0.15, 0.2) is 0 Å². The summed E-state index contributed by atoms with van der Waals surface area (Å²) in [6.45, 7) is 4.73. The zero-order chi connectivity index (χ0) is 42.1. The molecule has 0 amide bonds. The Morgan fingerprint density at radius 2 is 1.03 bits per heavy atom. The van der Waals surface area contributed by atoms with E-state index >= 15 is 0 Å². The Bertz CT molecular complexity index is 3410. The van der Waals surface area contributed by atoms with Gasteiger partial charge in [0.25, 0.3) is 0 Å². The summed E-state index contributed by atoms with van der Waals surface area (Å²) in [5.41, 5.74) is 20.0. The molecule has 0 unspecified atom stereocenters. The van der Waals surface area contributed by atoms with Gasteiger partial charge in [-0.15, -0.1) is 0 Å². The van der Waals surface area contributed by atoms with Crippen molar-refractivity contribution >= 4 is 49.7 Å². The van der Waals surface area contributed by atoms with E-state index in [0.29, 0.717) is 0 Å². The maximum absolute atomic E-state index is 2.51. The molecule has 2 aliphatic rings. The molecule has 0 saturated carbocycles. The van der Waals surface area contributed by atoms with E-state index in [-0.39, 0.29) is 5.41 Å². The lowest BCUT2D eigenvalue weighted by Crippen LogP contribution is -2.18. The molecule has 0 spiro atoms. The second-order valence-electron chi connectivity index (χ2n) is 17.6. The van der Waals surface area contributed by atoms with E-state index in [2.05, 4.69) is 242 Å². The monoisotopic (exact) mass is 806 g/mol. The molecule has 2 aliphatic carbocycles. The van der Waals surface area contributed by atoms with E-state index < -0.39 is 0 Å². The van der Waals surface area contributed by atoms with E-state index in [9.17, 15) is 0 Å². The molecule has 2 heteroatoms. The fourth-order valence-corrected chi connectivity index (χ4v) is 10.7. The molecular weight excluding hydrogens is 761 g/mol. The van der Waals surface area contributed by atoms with Gasteiger partial charge in [-0.1, -0.05) is 190 Å². The molecule has 300 valence electrons. The molecule has 63 heavy (non-hydrogen) atoms. The number of aromatic nitrogens is 1. The normalized spacial score (nSPS) is 14.1. The quantitative estimate of drug-likeness (QED) is 0.156. The zero-order valence-electron chi connectivity index (χ0n) is 35.6. The van der Waals surface area contributed by atoms with Crippen LogP contribution in [-0.4, -0.2) is 4.57 Å². The number of hydrogen-bond acceptors (Lipinski definition) is 1. The van der Waals surface area contributed by atoms with Crippen molar-refractivity contribution in [1.82, 2.24) is 4.57 Å². The van der Waals surface area contributed by atoms with Crippen LogP contribution in [0.15, 0.2) is 224 Å². The van der Waals surface area contributed by atoms with Crippen molar-refractivity contribution in [1.29, 1.82) is 0 Å². The number of para-hydroxylation sites is 2. The van der Waals surface area contributed by atoms with Crippen LogP contribution < -0.4 is 4.90 Å². The third kappa shape index (κ3) is 6.01. The molecule has 0 radical (unpaired) electrons. The summed E-state index contributed by atoms with van der Waals surface area (Å²) in [6.07, 6.45) is 6.70. The number of nitrogens with zero attached hydrogens (tertiary/aromatic N) is 2. The standard InChI is InChI=1S/C61H46N2/c1-61(2)55-31-9-6-27-54(55)60-51(30-16-32-56(60)61)44-21-12-22-46(39-44)62(47-23-15-24-48(40-47)63-57-33-10-7-25-52(57)53-26-8-11-34-58(53)63)45-37-35-42(36-38-45)50-29-14-20-43-19-13-28-49(59(43)50)41-17-4-3-5-18-41/h3-14,16-22,24-40H,15,23H2,1-2H3. The van der Waals surface area contributed by atoms with Crippen molar-refractivity contribution in [3.63, 3.8) is 0 Å². The van der Waals surface area contributed by atoms with Crippen LogP contribution in [0.25, 0.3) is 82.8 Å². The van der Waals surface area contributed by atoms with Gasteiger partial charge in [-0.3, -0.25) is 0 Å². The number of benzene rings is 9. The highest BCUT2D eigenvalue weighted by atomic mass is 15.2. The Labute approximate surface area is 369 Å². The van der Waals surface area contributed by atoms with Crippen molar-refractivity contribution in [2.75, 3.05) is 4.90 Å². The average molecular weight is 807 g/mol. The molecule has 0 bridgehead atoms. The summed E-state index contributed by atoms with van der Waals surface area (Å²) < 4.78 is 2.46. The lowest BCUT2D eigenvalue weighted by Gasteiger charge is -2.31. The molecule has 0 atom stereocenters. The molecular formula is C61H46N2. The summed E-state index contributed by atoms with van der Waals surface area (Å²) in [7, 11) is 0. The molecule has 9 aromatic carbocycles. The lowest BCUT2D eigenvalue weighted by atomic mass is 9.82. The summed E-state index contributed by atoms with van der Waals surface area (Å²) in [6, 6.07) is 76.1. The maximum Gasteiger partial charge on any atom is 0.0540 e. The number of anilines is 2. The van der Waals surface area contributed by atoms with E-state index in [1.54, 1.807) is 0 Å². The van der Waals surface area contributed by atoms with Gasteiger partial charge in [0.2, 0.25) is 0 Å². The Morgan fingerprint density at radius 3 is 1.78 bits per heavy atom.